The van der Waals surface area contributed by atoms with E-state index in [1.807, 2.05) is 0 Å². The zero-order chi connectivity index (χ0) is 12.0. The third-order valence-corrected chi connectivity index (χ3v) is 2.00. The maximum Gasteiger partial charge on any atom is 0.328 e. The van der Waals surface area contributed by atoms with Gasteiger partial charge in [-0.1, -0.05) is 6.92 Å². The summed E-state index contributed by atoms with van der Waals surface area (Å²) in [5.74, 6) is -1.97. The number of aliphatic carboxylic acids is 1. The van der Waals surface area contributed by atoms with Crippen LogP contribution in [0.4, 0.5) is 0 Å². The van der Waals surface area contributed by atoms with Gasteiger partial charge in [0.2, 0.25) is 5.91 Å². The first-order valence-electron chi connectivity index (χ1n) is 4.76. The molecule has 4 N–H and O–H groups in total. The number of carbonyl (C=O) groups is 2. The number of aliphatic hydroxyl groups is 1. The zero-order valence-corrected chi connectivity index (χ0v) is 9.15. The van der Waals surface area contributed by atoms with Crippen LogP contribution in [0.1, 0.15) is 13.8 Å². The minimum Gasteiger partial charge on any atom is -0.480 e. The van der Waals surface area contributed by atoms with Gasteiger partial charge in [-0.05, 0) is 14.0 Å². The Morgan fingerprint density at radius 2 is 1.87 bits per heavy atom. The largest absolute Gasteiger partial charge is 0.480 e. The molecule has 0 saturated carbocycles. The van der Waals surface area contributed by atoms with E-state index in [1.165, 1.54) is 6.92 Å². The maximum atomic E-state index is 11.4. The van der Waals surface area contributed by atoms with Crippen LogP contribution in [-0.2, 0) is 9.59 Å². The standard InChI is InChI=1S/C9H18N2O4/c1-5(4-10-3)8(13)11-7(6(2)12)9(14)15/h5-7,10,12H,4H2,1-3H3,(H,11,13)(H,14,15)/t5?,6-,7+/m1/s1. The summed E-state index contributed by atoms with van der Waals surface area (Å²) in [5.41, 5.74) is 0. The number of amides is 1. The maximum absolute atomic E-state index is 11.4. The van der Waals surface area contributed by atoms with Crippen molar-refractivity contribution < 1.29 is 19.8 Å². The molecule has 0 aromatic rings. The molecule has 0 heterocycles. The van der Waals surface area contributed by atoms with Crippen molar-refractivity contribution in [3.63, 3.8) is 0 Å². The van der Waals surface area contributed by atoms with Crippen LogP contribution in [0.5, 0.6) is 0 Å². The first-order chi connectivity index (χ1) is 6.90. The fraction of sp³-hybridized carbons (Fsp3) is 0.778. The molecule has 88 valence electrons. The van der Waals surface area contributed by atoms with Crippen LogP contribution in [0.3, 0.4) is 0 Å². The average molecular weight is 218 g/mol. The highest BCUT2D eigenvalue weighted by molar-refractivity contribution is 5.85. The average Bonchev–Trinajstić information content (AvgIpc) is 2.12. The molecule has 0 aliphatic carbocycles. The summed E-state index contributed by atoms with van der Waals surface area (Å²) in [5, 5.41) is 22.9. The fourth-order valence-electron chi connectivity index (χ4n) is 1.08. The minimum absolute atomic E-state index is 0.337. The van der Waals surface area contributed by atoms with E-state index in [4.69, 9.17) is 10.2 Å². The van der Waals surface area contributed by atoms with Gasteiger partial charge in [-0.25, -0.2) is 4.79 Å². The molecule has 3 atom stereocenters. The molecule has 0 radical (unpaired) electrons. The number of carbonyl (C=O) groups excluding carboxylic acids is 1. The van der Waals surface area contributed by atoms with E-state index in [-0.39, 0.29) is 5.92 Å². The van der Waals surface area contributed by atoms with Gasteiger partial charge in [-0.2, -0.15) is 0 Å². The third-order valence-electron chi connectivity index (χ3n) is 2.00. The molecule has 0 fully saturated rings. The lowest BCUT2D eigenvalue weighted by Gasteiger charge is -2.19. The van der Waals surface area contributed by atoms with Gasteiger partial charge in [-0.3, -0.25) is 4.79 Å². The Morgan fingerprint density at radius 3 is 2.20 bits per heavy atom. The molecule has 0 spiro atoms. The predicted molar refractivity (Wildman–Crippen MR) is 54.3 cm³/mol. The minimum atomic E-state index is -1.25. The monoisotopic (exact) mass is 218 g/mol. The Hall–Kier alpha value is -1.14. The second-order valence-corrected chi connectivity index (χ2v) is 3.52. The SMILES string of the molecule is CNCC(C)C(=O)N[C@H](C(=O)O)[C@@H](C)O. The zero-order valence-electron chi connectivity index (χ0n) is 9.15. The molecule has 0 aliphatic heterocycles. The number of hydrogen-bond acceptors (Lipinski definition) is 4. The predicted octanol–water partition coefficient (Wildman–Crippen LogP) is -1.21. The molecule has 6 heteroatoms. The molecule has 0 rings (SSSR count). The van der Waals surface area contributed by atoms with E-state index < -0.39 is 24.0 Å². The summed E-state index contributed by atoms with van der Waals surface area (Å²) >= 11 is 0. The molecular formula is C9H18N2O4. The molecule has 15 heavy (non-hydrogen) atoms. The van der Waals surface area contributed by atoms with Crippen molar-refractivity contribution in [1.29, 1.82) is 0 Å². The van der Waals surface area contributed by atoms with E-state index >= 15 is 0 Å². The molecule has 0 aromatic carbocycles. The van der Waals surface area contributed by atoms with Crippen molar-refractivity contribution in [2.45, 2.75) is 26.0 Å². The van der Waals surface area contributed by atoms with Crippen LogP contribution in [0, 0.1) is 5.92 Å². The van der Waals surface area contributed by atoms with E-state index in [0.29, 0.717) is 6.54 Å². The summed E-state index contributed by atoms with van der Waals surface area (Å²) in [6, 6.07) is -1.25. The quantitative estimate of drug-likeness (QED) is 0.448. The van der Waals surface area contributed by atoms with E-state index in [1.54, 1.807) is 14.0 Å². The van der Waals surface area contributed by atoms with Crippen molar-refractivity contribution in [3.05, 3.63) is 0 Å². The van der Waals surface area contributed by atoms with Crippen molar-refractivity contribution in [2.75, 3.05) is 13.6 Å². The summed E-state index contributed by atoms with van der Waals surface area (Å²) in [6.07, 6.45) is -1.12. The fourth-order valence-corrected chi connectivity index (χ4v) is 1.08. The van der Waals surface area contributed by atoms with Crippen LogP contribution in [0.2, 0.25) is 0 Å². The lowest BCUT2D eigenvalue weighted by molar-refractivity contribution is -0.145. The number of carboxylic acids is 1. The van der Waals surface area contributed by atoms with Crippen molar-refractivity contribution in [2.24, 2.45) is 5.92 Å². The lowest BCUT2D eigenvalue weighted by atomic mass is 10.1. The van der Waals surface area contributed by atoms with E-state index in [9.17, 15) is 9.59 Å². The Kier molecular flexibility index (Phi) is 5.88. The van der Waals surface area contributed by atoms with E-state index in [2.05, 4.69) is 10.6 Å². The Labute approximate surface area is 88.7 Å². The highest BCUT2D eigenvalue weighted by atomic mass is 16.4. The normalized spacial score (nSPS) is 16.5. The highest BCUT2D eigenvalue weighted by Crippen LogP contribution is 1.98. The Bertz CT molecular complexity index is 230. The van der Waals surface area contributed by atoms with Gasteiger partial charge in [0.05, 0.1) is 6.10 Å². The molecule has 0 bridgehead atoms. The van der Waals surface area contributed by atoms with Gasteiger partial charge < -0.3 is 20.8 Å². The molecule has 0 aromatic heterocycles. The van der Waals surface area contributed by atoms with Crippen LogP contribution in [0.25, 0.3) is 0 Å². The molecule has 0 saturated heterocycles. The molecular weight excluding hydrogens is 200 g/mol. The molecule has 1 amide bonds. The number of rotatable bonds is 6. The van der Waals surface area contributed by atoms with Gasteiger partial charge >= 0.3 is 5.97 Å². The van der Waals surface area contributed by atoms with Gasteiger partial charge in [-0.15, -0.1) is 0 Å². The van der Waals surface area contributed by atoms with Crippen LogP contribution < -0.4 is 10.6 Å². The molecule has 0 aliphatic rings. The summed E-state index contributed by atoms with van der Waals surface area (Å²) in [6.45, 7) is 3.45. The first kappa shape index (κ1) is 13.9. The third kappa shape index (κ3) is 4.75. The number of hydrogen-bond donors (Lipinski definition) is 4. The molecule has 6 nitrogen and oxygen atoms in total. The smallest absolute Gasteiger partial charge is 0.328 e. The van der Waals surface area contributed by atoms with Crippen molar-refractivity contribution in [1.82, 2.24) is 10.6 Å². The summed E-state index contributed by atoms with van der Waals surface area (Å²) < 4.78 is 0. The second kappa shape index (κ2) is 6.36. The van der Waals surface area contributed by atoms with Gasteiger partial charge in [0.15, 0.2) is 6.04 Å². The number of carboxylic acid groups (broad SMARTS) is 1. The van der Waals surface area contributed by atoms with E-state index in [0.717, 1.165) is 0 Å². The van der Waals surface area contributed by atoms with Crippen molar-refractivity contribution in [3.8, 4) is 0 Å². The number of aliphatic hydroxyl groups excluding tert-OH is 1. The topological polar surface area (TPSA) is 98.7 Å². The van der Waals surface area contributed by atoms with Crippen LogP contribution in [-0.4, -0.2) is 47.8 Å². The van der Waals surface area contributed by atoms with Gasteiger partial charge in [0, 0.05) is 12.5 Å². The lowest BCUT2D eigenvalue weighted by Crippen LogP contribution is -2.50. The second-order valence-electron chi connectivity index (χ2n) is 3.52. The van der Waals surface area contributed by atoms with Gasteiger partial charge in [0.25, 0.3) is 0 Å². The Morgan fingerprint density at radius 1 is 1.33 bits per heavy atom. The Balaban J connectivity index is 4.29. The first-order valence-corrected chi connectivity index (χ1v) is 4.76. The van der Waals surface area contributed by atoms with Crippen LogP contribution in [0.15, 0.2) is 0 Å². The summed E-state index contributed by atoms with van der Waals surface area (Å²) in [7, 11) is 1.70. The summed E-state index contributed by atoms with van der Waals surface area (Å²) in [4.78, 5) is 22.1. The van der Waals surface area contributed by atoms with Gasteiger partial charge in [0.1, 0.15) is 0 Å². The molecule has 1 unspecified atom stereocenters. The number of nitrogens with one attached hydrogen (secondary N) is 2. The van der Waals surface area contributed by atoms with Crippen molar-refractivity contribution >= 4 is 11.9 Å². The van der Waals surface area contributed by atoms with Crippen LogP contribution >= 0.6 is 0 Å². The highest BCUT2D eigenvalue weighted by Gasteiger charge is 2.26.